The van der Waals surface area contributed by atoms with Crippen LogP contribution in [-0.4, -0.2) is 22.1 Å². The third-order valence-electron chi connectivity index (χ3n) is 4.27. The Morgan fingerprint density at radius 1 is 1.28 bits per heavy atom. The quantitative estimate of drug-likeness (QED) is 0.903. The Bertz CT molecular complexity index is 555. The summed E-state index contributed by atoms with van der Waals surface area (Å²) >= 11 is 0. The van der Waals surface area contributed by atoms with Crippen molar-refractivity contribution in [2.75, 3.05) is 7.11 Å². The molecule has 3 rings (SSSR count). The van der Waals surface area contributed by atoms with E-state index in [0.29, 0.717) is 5.88 Å². The molecule has 2 aromatic rings. The molecule has 1 aliphatic rings. The molecule has 0 amide bonds. The molecule has 0 bridgehead atoms. The molecule has 18 heavy (non-hydrogen) atoms. The molecule has 1 aliphatic carbocycles. The molecule has 2 heterocycles. The number of H-pyrrole nitrogens is 1. The molecule has 2 aromatic heterocycles. The van der Waals surface area contributed by atoms with Crippen LogP contribution in [0, 0.1) is 0 Å². The Balaban J connectivity index is 2.07. The van der Waals surface area contributed by atoms with Crippen molar-refractivity contribution in [1.82, 2.24) is 15.0 Å². The summed E-state index contributed by atoms with van der Waals surface area (Å²) in [5.74, 6) is 1.73. The van der Waals surface area contributed by atoms with E-state index in [-0.39, 0.29) is 5.41 Å². The highest BCUT2D eigenvalue weighted by Gasteiger charge is 2.36. The number of nitrogens with one attached hydrogen (secondary N) is 1. The fourth-order valence-electron chi connectivity index (χ4n) is 3.05. The summed E-state index contributed by atoms with van der Waals surface area (Å²) in [6.07, 6.45) is 6.23. The molecular weight excluding hydrogens is 226 g/mol. The second-order valence-electron chi connectivity index (χ2n) is 5.15. The number of methoxy groups -OCH3 is 1. The highest BCUT2D eigenvalue weighted by atomic mass is 16.5. The summed E-state index contributed by atoms with van der Waals surface area (Å²) < 4.78 is 5.14. The first-order valence-corrected chi connectivity index (χ1v) is 6.69. The van der Waals surface area contributed by atoms with Gasteiger partial charge in [-0.3, -0.25) is 0 Å². The zero-order valence-electron chi connectivity index (χ0n) is 11.0. The second-order valence-corrected chi connectivity index (χ2v) is 5.15. The minimum Gasteiger partial charge on any atom is -0.481 e. The lowest BCUT2D eigenvalue weighted by Gasteiger charge is -2.24. The van der Waals surface area contributed by atoms with Gasteiger partial charge in [0, 0.05) is 11.5 Å². The van der Waals surface area contributed by atoms with Crippen molar-refractivity contribution in [2.45, 2.75) is 44.4 Å². The Hall–Kier alpha value is -1.58. The number of hydrogen-bond acceptors (Lipinski definition) is 3. The molecule has 1 fully saturated rings. The predicted octanol–water partition coefficient (Wildman–Crippen LogP) is 3.19. The SMILES string of the molecule is CCC1(c2nc3nc(OC)ccc3[nH]2)CCCC1. The summed E-state index contributed by atoms with van der Waals surface area (Å²) in [7, 11) is 1.63. The third kappa shape index (κ3) is 1.67. The van der Waals surface area contributed by atoms with Crippen molar-refractivity contribution in [3.05, 3.63) is 18.0 Å². The summed E-state index contributed by atoms with van der Waals surface area (Å²) in [6.45, 7) is 2.26. The van der Waals surface area contributed by atoms with Crippen LogP contribution in [-0.2, 0) is 5.41 Å². The lowest BCUT2D eigenvalue weighted by Crippen LogP contribution is -2.22. The fraction of sp³-hybridized carbons (Fsp3) is 0.571. The number of pyridine rings is 1. The van der Waals surface area contributed by atoms with Crippen LogP contribution in [0.25, 0.3) is 11.2 Å². The van der Waals surface area contributed by atoms with E-state index in [2.05, 4.69) is 16.9 Å². The van der Waals surface area contributed by atoms with Gasteiger partial charge in [-0.25, -0.2) is 4.98 Å². The van der Waals surface area contributed by atoms with Crippen molar-refractivity contribution in [3.63, 3.8) is 0 Å². The van der Waals surface area contributed by atoms with Crippen LogP contribution in [0.15, 0.2) is 12.1 Å². The van der Waals surface area contributed by atoms with E-state index < -0.39 is 0 Å². The van der Waals surface area contributed by atoms with Gasteiger partial charge in [-0.05, 0) is 25.3 Å². The van der Waals surface area contributed by atoms with Crippen molar-refractivity contribution >= 4 is 11.2 Å². The first kappa shape index (κ1) is 11.5. The number of ether oxygens (including phenoxy) is 1. The van der Waals surface area contributed by atoms with Crippen LogP contribution >= 0.6 is 0 Å². The highest BCUT2D eigenvalue weighted by molar-refractivity contribution is 5.71. The minimum atomic E-state index is 0.244. The number of rotatable bonds is 3. The summed E-state index contributed by atoms with van der Waals surface area (Å²) in [6, 6.07) is 3.87. The molecule has 4 heteroatoms. The van der Waals surface area contributed by atoms with Crippen molar-refractivity contribution in [3.8, 4) is 5.88 Å². The van der Waals surface area contributed by atoms with Crippen LogP contribution in [0.5, 0.6) is 5.88 Å². The fourth-order valence-corrected chi connectivity index (χ4v) is 3.05. The lowest BCUT2D eigenvalue weighted by molar-refractivity contribution is 0.398. The smallest absolute Gasteiger partial charge is 0.215 e. The maximum absolute atomic E-state index is 5.14. The Morgan fingerprint density at radius 2 is 2.06 bits per heavy atom. The number of aromatic nitrogens is 3. The number of aromatic amines is 1. The molecular formula is C14H19N3O. The van der Waals surface area contributed by atoms with Gasteiger partial charge in [0.25, 0.3) is 0 Å². The van der Waals surface area contributed by atoms with Crippen LogP contribution < -0.4 is 4.74 Å². The predicted molar refractivity (Wildman–Crippen MR) is 70.9 cm³/mol. The average molecular weight is 245 g/mol. The molecule has 1 N–H and O–H groups in total. The lowest BCUT2D eigenvalue weighted by atomic mass is 9.83. The van der Waals surface area contributed by atoms with Gasteiger partial charge < -0.3 is 9.72 Å². The number of nitrogens with zero attached hydrogens (tertiary/aromatic N) is 2. The molecule has 0 aromatic carbocycles. The van der Waals surface area contributed by atoms with Gasteiger partial charge in [0.1, 0.15) is 5.82 Å². The standard InChI is InChI=1S/C14H19N3O/c1-3-14(8-4-5-9-14)13-15-10-6-7-11(18-2)16-12(10)17-13/h6-7H,3-5,8-9H2,1-2H3,(H,15,16,17). The van der Waals surface area contributed by atoms with E-state index in [1.54, 1.807) is 7.11 Å². The normalized spacial score (nSPS) is 18.3. The van der Waals surface area contributed by atoms with Gasteiger partial charge in [0.2, 0.25) is 5.88 Å². The van der Waals surface area contributed by atoms with Crippen LogP contribution in [0.4, 0.5) is 0 Å². The third-order valence-corrected chi connectivity index (χ3v) is 4.27. The van der Waals surface area contributed by atoms with Crippen LogP contribution in [0.3, 0.4) is 0 Å². The summed E-state index contributed by atoms with van der Waals surface area (Å²) in [4.78, 5) is 12.5. The highest BCUT2D eigenvalue weighted by Crippen LogP contribution is 2.42. The van der Waals surface area contributed by atoms with Gasteiger partial charge in [0.15, 0.2) is 5.65 Å². The first-order chi connectivity index (χ1) is 8.77. The number of fused-ring (bicyclic) bond motifs is 1. The van der Waals surface area contributed by atoms with Gasteiger partial charge in [0.05, 0.1) is 12.6 Å². The Labute approximate surface area is 107 Å². The van der Waals surface area contributed by atoms with Crippen molar-refractivity contribution < 1.29 is 4.74 Å². The molecule has 1 saturated carbocycles. The van der Waals surface area contributed by atoms with Gasteiger partial charge in [-0.1, -0.05) is 19.8 Å². The zero-order valence-corrected chi connectivity index (χ0v) is 11.0. The summed E-state index contributed by atoms with van der Waals surface area (Å²) in [5, 5.41) is 0. The van der Waals surface area contributed by atoms with Crippen molar-refractivity contribution in [2.24, 2.45) is 0 Å². The van der Waals surface area contributed by atoms with Gasteiger partial charge in [-0.2, -0.15) is 4.98 Å². The maximum Gasteiger partial charge on any atom is 0.215 e. The maximum atomic E-state index is 5.14. The van der Waals surface area contributed by atoms with Gasteiger partial charge in [-0.15, -0.1) is 0 Å². The largest absolute Gasteiger partial charge is 0.481 e. The first-order valence-electron chi connectivity index (χ1n) is 6.69. The average Bonchev–Trinajstić information content (AvgIpc) is 3.04. The van der Waals surface area contributed by atoms with Crippen molar-refractivity contribution in [1.29, 1.82) is 0 Å². The Kier molecular flexibility index (Phi) is 2.73. The molecule has 4 nitrogen and oxygen atoms in total. The molecule has 0 aliphatic heterocycles. The molecule has 0 saturated heterocycles. The molecule has 96 valence electrons. The van der Waals surface area contributed by atoms with Gasteiger partial charge >= 0.3 is 0 Å². The monoisotopic (exact) mass is 245 g/mol. The molecule has 0 spiro atoms. The van der Waals surface area contributed by atoms with E-state index in [0.717, 1.165) is 23.4 Å². The zero-order chi connectivity index (χ0) is 12.6. The van der Waals surface area contributed by atoms with E-state index in [9.17, 15) is 0 Å². The number of hydrogen-bond donors (Lipinski definition) is 1. The molecule has 0 atom stereocenters. The molecule has 0 unspecified atom stereocenters. The minimum absolute atomic E-state index is 0.244. The topological polar surface area (TPSA) is 50.8 Å². The Morgan fingerprint density at radius 3 is 2.72 bits per heavy atom. The van der Waals surface area contributed by atoms with Crippen LogP contribution in [0.2, 0.25) is 0 Å². The summed E-state index contributed by atoms with van der Waals surface area (Å²) in [5.41, 5.74) is 2.02. The van der Waals surface area contributed by atoms with E-state index in [1.165, 1.54) is 25.7 Å². The second kappa shape index (κ2) is 4.26. The van der Waals surface area contributed by atoms with E-state index >= 15 is 0 Å². The molecule has 0 radical (unpaired) electrons. The van der Waals surface area contributed by atoms with E-state index in [4.69, 9.17) is 9.72 Å². The van der Waals surface area contributed by atoms with Crippen LogP contribution in [0.1, 0.15) is 44.9 Å². The number of imidazole rings is 1. The van der Waals surface area contributed by atoms with E-state index in [1.807, 2.05) is 12.1 Å².